The standard InChI is InChI=1S/C29H32N4O4/c1-36-27-7-2-4-23(16-27)20-33(26-6-3-5-25(17-26)31-12-14-37-15-13-31)24-10-8-22(9-11-24)19-32-21-28(34)30-18-29(32)35/h2-11,16-17H,12-15,18-21H2,1H3,(H,30,34). The second kappa shape index (κ2) is 11.3. The van der Waals surface area contributed by atoms with Crippen molar-refractivity contribution in [1.82, 2.24) is 10.2 Å². The zero-order valence-electron chi connectivity index (χ0n) is 21.1. The smallest absolute Gasteiger partial charge is 0.242 e. The third kappa shape index (κ3) is 6.03. The number of rotatable bonds is 8. The minimum atomic E-state index is -0.124. The molecule has 1 N–H and O–H groups in total. The molecule has 192 valence electrons. The molecule has 3 aromatic rings. The third-order valence-corrected chi connectivity index (χ3v) is 6.74. The maximum absolute atomic E-state index is 12.2. The van der Waals surface area contributed by atoms with E-state index in [1.165, 1.54) is 5.69 Å². The van der Waals surface area contributed by atoms with Crippen LogP contribution in [0.3, 0.4) is 0 Å². The Labute approximate surface area is 217 Å². The summed E-state index contributed by atoms with van der Waals surface area (Å²) in [7, 11) is 1.68. The zero-order valence-corrected chi connectivity index (χ0v) is 21.1. The van der Waals surface area contributed by atoms with Crippen molar-refractivity contribution in [3.8, 4) is 5.75 Å². The molecule has 0 aromatic heterocycles. The van der Waals surface area contributed by atoms with Gasteiger partial charge in [0.05, 0.1) is 33.4 Å². The van der Waals surface area contributed by atoms with Crippen molar-refractivity contribution >= 4 is 28.9 Å². The fourth-order valence-corrected chi connectivity index (χ4v) is 4.71. The highest BCUT2D eigenvalue weighted by Crippen LogP contribution is 2.32. The van der Waals surface area contributed by atoms with Crippen molar-refractivity contribution in [2.75, 3.05) is 56.3 Å². The Morgan fingerprint density at radius 3 is 2.49 bits per heavy atom. The lowest BCUT2D eigenvalue weighted by molar-refractivity contribution is -0.141. The van der Waals surface area contributed by atoms with Crippen LogP contribution >= 0.6 is 0 Å². The molecular formula is C29H32N4O4. The number of hydrogen-bond acceptors (Lipinski definition) is 6. The second-order valence-corrected chi connectivity index (χ2v) is 9.25. The Bertz CT molecular complexity index is 1240. The molecule has 3 aromatic carbocycles. The first kappa shape index (κ1) is 24.6. The van der Waals surface area contributed by atoms with Gasteiger partial charge in [0, 0.05) is 43.2 Å². The lowest BCUT2D eigenvalue weighted by Gasteiger charge is -2.31. The SMILES string of the molecule is COc1cccc(CN(c2ccc(CN3CC(=O)NCC3=O)cc2)c2cccc(N3CCOCC3)c2)c1. The van der Waals surface area contributed by atoms with Crippen LogP contribution in [0.25, 0.3) is 0 Å². The molecule has 0 unspecified atom stereocenters. The first-order chi connectivity index (χ1) is 18.1. The fourth-order valence-electron chi connectivity index (χ4n) is 4.71. The highest BCUT2D eigenvalue weighted by molar-refractivity contribution is 5.92. The molecule has 2 fully saturated rings. The number of carbonyl (C=O) groups excluding carboxylic acids is 2. The van der Waals surface area contributed by atoms with Gasteiger partial charge in [-0.3, -0.25) is 9.59 Å². The maximum atomic E-state index is 12.2. The van der Waals surface area contributed by atoms with Gasteiger partial charge in [-0.25, -0.2) is 0 Å². The van der Waals surface area contributed by atoms with E-state index >= 15 is 0 Å². The van der Waals surface area contributed by atoms with Crippen molar-refractivity contribution in [3.63, 3.8) is 0 Å². The van der Waals surface area contributed by atoms with Crippen LogP contribution in [0.1, 0.15) is 11.1 Å². The average molecular weight is 501 g/mol. The molecule has 8 nitrogen and oxygen atoms in total. The van der Waals surface area contributed by atoms with Gasteiger partial charge in [-0.2, -0.15) is 0 Å². The topological polar surface area (TPSA) is 74.4 Å². The van der Waals surface area contributed by atoms with E-state index in [2.05, 4.69) is 63.6 Å². The zero-order chi connectivity index (χ0) is 25.6. The molecule has 2 amide bonds. The molecule has 8 heteroatoms. The van der Waals surface area contributed by atoms with Crippen molar-refractivity contribution in [1.29, 1.82) is 0 Å². The van der Waals surface area contributed by atoms with Crippen LogP contribution < -0.4 is 19.9 Å². The summed E-state index contributed by atoms with van der Waals surface area (Å²) in [4.78, 5) is 30.2. The predicted molar refractivity (Wildman–Crippen MR) is 143 cm³/mol. The van der Waals surface area contributed by atoms with Crippen LogP contribution in [0.15, 0.2) is 72.8 Å². The molecule has 5 rings (SSSR count). The van der Waals surface area contributed by atoms with Gasteiger partial charge in [0.15, 0.2) is 0 Å². The summed E-state index contributed by atoms with van der Waals surface area (Å²) < 4.78 is 11.0. The molecule has 2 aliphatic rings. The number of amides is 2. The fraction of sp³-hybridized carbons (Fsp3) is 0.310. The number of nitrogens with one attached hydrogen (secondary N) is 1. The molecule has 0 aliphatic carbocycles. The van der Waals surface area contributed by atoms with Gasteiger partial charge in [0.1, 0.15) is 5.75 Å². The minimum absolute atomic E-state index is 0.0602. The van der Waals surface area contributed by atoms with Crippen LogP contribution in [0.2, 0.25) is 0 Å². The quantitative estimate of drug-likeness (QED) is 0.512. The Kier molecular flexibility index (Phi) is 7.56. The van der Waals surface area contributed by atoms with Gasteiger partial charge in [-0.05, 0) is 53.6 Å². The van der Waals surface area contributed by atoms with Gasteiger partial charge in [0.25, 0.3) is 0 Å². The predicted octanol–water partition coefficient (Wildman–Crippen LogP) is 3.33. The molecular weight excluding hydrogens is 468 g/mol. The van der Waals surface area contributed by atoms with E-state index in [1.54, 1.807) is 12.0 Å². The molecule has 0 saturated carbocycles. The number of hydrogen-bond donors (Lipinski definition) is 1. The number of anilines is 3. The summed E-state index contributed by atoms with van der Waals surface area (Å²) in [6.45, 7) is 4.45. The first-order valence-electron chi connectivity index (χ1n) is 12.6. The Morgan fingerprint density at radius 2 is 1.70 bits per heavy atom. The molecule has 0 radical (unpaired) electrons. The largest absolute Gasteiger partial charge is 0.497 e. The van der Waals surface area contributed by atoms with Crippen molar-refractivity contribution in [2.45, 2.75) is 13.1 Å². The lowest BCUT2D eigenvalue weighted by Crippen LogP contribution is -2.50. The molecule has 0 bridgehead atoms. The molecule has 0 atom stereocenters. The van der Waals surface area contributed by atoms with E-state index in [4.69, 9.17) is 9.47 Å². The number of carbonyl (C=O) groups is 2. The molecule has 2 aliphatic heterocycles. The molecule has 0 spiro atoms. The summed E-state index contributed by atoms with van der Waals surface area (Å²) in [6, 6.07) is 24.9. The summed E-state index contributed by atoms with van der Waals surface area (Å²) in [5.74, 6) is 0.634. The lowest BCUT2D eigenvalue weighted by atomic mass is 10.1. The number of nitrogens with zero attached hydrogens (tertiary/aromatic N) is 3. The number of ether oxygens (including phenoxy) is 2. The van der Waals surface area contributed by atoms with E-state index < -0.39 is 0 Å². The van der Waals surface area contributed by atoms with E-state index in [0.29, 0.717) is 13.1 Å². The van der Waals surface area contributed by atoms with Crippen LogP contribution in [0.5, 0.6) is 5.75 Å². The van der Waals surface area contributed by atoms with Crippen LogP contribution in [-0.4, -0.2) is 63.2 Å². The Hall–Kier alpha value is -4.04. The van der Waals surface area contributed by atoms with Crippen LogP contribution in [-0.2, 0) is 27.4 Å². The molecule has 2 saturated heterocycles. The van der Waals surface area contributed by atoms with Gasteiger partial charge in [-0.15, -0.1) is 0 Å². The minimum Gasteiger partial charge on any atom is -0.497 e. The van der Waals surface area contributed by atoms with E-state index in [0.717, 1.165) is 54.6 Å². The maximum Gasteiger partial charge on any atom is 0.242 e. The van der Waals surface area contributed by atoms with Crippen LogP contribution in [0.4, 0.5) is 17.1 Å². The third-order valence-electron chi connectivity index (χ3n) is 6.74. The average Bonchev–Trinajstić information content (AvgIpc) is 2.95. The highest BCUT2D eigenvalue weighted by atomic mass is 16.5. The summed E-state index contributed by atoms with van der Waals surface area (Å²) >= 11 is 0. The Morgan fingerprint density at radius 1 is 0.919 bits per heavy atom. The van der Waals surface area contributed by atoms with Gasteiger partial charge in [0.2, 0.25) is 11.8 Å². The normalized spacial score (nSPS) is 15.9. The summed E-state index contributed by atoms with van der Waals surface area (Å²) in [6.07, 6.45) is 0. The van der Waals surface area contributed by atoms with E-state index in [-0.39, 0.29) is 24.9 Å². The second-order valence-electron chi connectivity index (χ2n) is 9.25. The number of piperazine rings is 1. The van der Waals surface area contributed by atoms with Crippen molar-refractivity contribution < 1.29 is 19.1 Å². The van der Waals surface area contributed by atoms with Gasteiger partial charge < -0.3 is 29.5 Å². The van der Waals surface area contributed by atoms with E-state index in [1.807, 2.05) is 24.3 Å². The van der Waals surface area contributed by atoms with Gasteiger partial charge in [-0.1, -0.05) is 30.3 Å². The van der Waals surface area contributed by atoms with Crippen molar-refractivity contribution in [3.05, 3.63) is 83.9 Å². The molecule has 2 heterocycles. The van der Waals surface area contributed by atoms with E-state index in [9.17, 15) is 9.59 Å². The number of methoxy groups -OCH3 is 1. The van der Waals surface area contributed by atoms with Gasteiger partial charge >= 0.3 is 0 Å². The van der Waals surface area contributed by atoms with Crippen LogP contribution in [0, 0.1) is 0 Å². The number of benzene rings is 3. The highest BCUT2D eigenvalue weighted by Gasteiger charge is 2.23. The summed E-state index contributed by atoms with van der Waals surface area (Å²) in [5.41, 5.74) is 5.41. The first-order valence-corrected chi connectivity index (χ1v) is 12.6. The number of morpholine rings is 1. The summed E-state index contributed by atoms with van der Waals surface area (Å²) in [5, 5.41) is 2.59. The Balaban J connectivity index is 1.42. The monoisotopic (exact) mass is 500 g/mol. The van der Waals surface area contributed by atoms with Crippen molar-refractivity contribution in [2.24, 2.45) is 0 Å². The molecule has 37 heavy (non-hydrogen) atoms.